The summed E-state index contributed by atoms with van der Waals surface area (Å²) in [5.41, 5.74) is -3.99. The zero-order valence-electron chi connectivity index (χ0n) is 7.63. The summed E-state index contributed by atoms with van der Waals surface area (Å²) in [6.07, 6.45) is -8.33. The van der Waals surface area contributed by atoms with Crippen molar-refractivity contribution in [2.75, 3.05) is 0 Å². The Balaban J connectivity index is 3.53. The van der Waals surface area contributed by atoms with Crippen LogP contribution in [0.1, 0.15) is 17.8 Å². The molecule has 0 unspecified atom stereocenters. The molecular weight excluding hydrogens is 366 g/mol. The zero-order valence-corrected chi connectivity index (χ0v) is 9.79. The van der Waals surface area contributed by atoms with Gasteiger partial charge in [-0.05, 0) is 22.6 Å². The Morgan fingerprint density at radius 3 is 2.29 bits per heavy atom. The van der Waals surface area contributed by atoms with E-state index in [4.69, 9.17) is 0 Å². The topological polar surface area (TPSA) is 56.0 Å². The number of nitrogens with zero attached hydrogens (tertiary/aromatic N) is 2. The van der Waals surface area contributed by atoms with Crippen molar-refractivity contribution < 1.29 is 26.9 Å². The summed E-state index contributed by atoms with van der Waals surface area (Å²) in [5, 5.41) is 10.4. The molecule has 0 aromatic carbocycles. The minimum atomic E-state index is -5.02. The Kier molecular flexibility index (Phi) is 3.84. The van der Waals surface area contributed by atoms with E-state index in [2.05, 4.69) is 4.98 Å². The molecule has 1 heterocycles. The molecule has 0 spiro atoms. The minimum Gasteiger partial charge on any atom is -0.258 e. The number of halogens is 6. The Labute approximate surface area is 104 Å². The molecule has 0 saturated carbocycles. The Hall–Kier alpha value is -1.07. The number of nitro groups is 1. The zero-order chi connectivity index (χ0) is 13.4. The van der Waals surface area contributed by atoms with Crippen molar-refractivity contribution >= 4 is 28.3 Å². The predicted molar refractivity (Wildman–Crippen MR) is 53.6 cm³/mol. The van der Waals surface area contributed by atoms with Crippen LogP contribution in [0.5, 0.6) is 0 Å². The molecule has 1 aromatic heterocycles. The van der Waals surface area contributed by atoms with Crippen LogP contribution in [0.2, 0.25) is 0 Å². The highest BCUT2D eigenvalue weighted by molar-refractivity contribution is 14.1. The van der Waals surface area contributed by atoms with Crippen LogP contribution in [0, 0.1) is 13.7 Å². The summed E-state index contributed by atoms with van der Waals surface area (Å²) in [6.45, 7) is 0. The number of pyridine rings is 1. The van der Waals surface area contributed by atoms with Gasteiger partial charge < -0.3 is 0 Å². The first kappa shape index (κ1) is 14.0. The lowest BCUT2D eigenvalue weighted by Gasteiger charge is -2.09. The fourth-order valence-corrected chi connectivity index (χ4v) is 1.67. The van der Waals surface area contributed by atoms with Gasteiger partial charge in [-0.3, -0.25) is 10.1 Å². The van der Waals surface area contributed by atoms with E-state index in [1.54, 1.807) is 0 Å². The number of hydrogen-bond donors (Lipinski definition) is 0. The molecule has 17 heavy (non-hydrogen) atoms. The normalized spacial score (nSPS) is 11.9. The number of alkyl halides is 5. The van der Waals surface area contributed by atoms with Crippen LogP contribution in [0.3, 0.4) is 0 Å². The number of rotatable bonds is 2. The molecule has 0 saturated heterocycles. The third kappa shape index (κ3) is 2.98. The van der Waals surface area contributed by atoms with Crippen molar-refractivity contribution in [1.29, 1.82) is 0 Å². The van der Waals surface area contributed by atoms with E-state index in [-0.39, 0.29) is 6.07 Å². The Morgan fingerprint density at radius 2 is 1.94 bits per heavy atom. The van der Waals surface area contributed by atoms with E-state index in [0.29, 0.717) is 0 Å². The molecule has 1 aromatic rings. The first-order chi connectivity index (χ1) is 7.64. The lowest BCUT2D eigenvalue weighted by molar-refractivity contribution is -0.386. The summed E-state index contributed by atoms with van der Waals surface area (Å²) in [6, 6.07) is 0.133. The van der Waals surface area contributed by atoms with Crippen molar-refractivity contribution in [2.24, 2.45) is 0 Å². The first-order valence-electron chi connectivity index (χ1n) is 3.84. The van der Waals surface area contributed by atoms with E-state index in [9.17, 15) is 32.1 Å². The highest BCUT2D eigenvalue weighted by Crippen LogP contribution is 2.36. The van der Waals surface area contributed by atoms with Crippen LogP contribution in [-0.2, 0) is 6.18 Å². The second-order valence-corrected chi connectivity index (χ2v) is 3.86. The molecule has 0 aliphatic carbocycles. The van der Waals surface area contributed by atoms with Gasteiger partial charge >= 0.3 is 6.18 Å². The van der Waals surface area contributed by atoms with E-state index in [1.165, 1.54) is 0 Å². The molecule has 0 atom stereocenters. The van der Waals surface area contributed by atoms with Crippen molar-refractivity contribution in [1.82, 2.24) is 4.98 Å². The minimum absolute atomic E-state index is 0.133. The number of hydrogen-bond acceptors (Lipinski definition) is 3. The van der Waals surface area contributed by atoms with E-state index in [0.717, 1.165) is 22.6 Å². The van der Waals surface area contributed by atoms with Crippen LogP contribution in [0.4, 0.5) is 27.6 Å². The van der Waals surface area contributed by atoms with E-state index in [1.807, 2.05) is 0 Å². The molecule has 4 nitrogen and oxygen atoms in total. The van der Waals surface area contributed by atoms with Gasteiger partial charge in [0.15, 0.2) is 5.69 Å². The second kappa shape index (κ2) is 4.66. The van der Waals surface area contributed by atoms with Crippen molar-refractivity contribution in [3.8, 4) is 0 Å². The van der Waals surface area contributed by atoms with Gasteiger partial charge in [-0.2, -0.15) is 13.2 Å². The SMILES string of the molecule is O=[N+]([O-])c1cc(C(F)(F)F)nc(C(F)F)c1I. The molecule has 0 bridgehead atoms. The fourth-order valence-electron chi connectivity index (χ4n) is 0.958. The molecule has 0 fully saturated rings. The fraction of sp³-hybridized carbons (Fsp3) is 0.286. The lowest BCUT2D eigenvalue weighted by atomic mass is 10.2. The summed E-state index contributed by atoms with van der Waals surface area (Å²) in [5.74, 6) is 0. The summed E-state index contributed by atoms with van der Waals surface area (Å²) < 4.78 is 61.0. The Bertz CT molecular complexity index is 462. The second-order valence-electron chi connectivity index (χ2n) is 2.78. The van der Waals surface area contributed by atoms with Crippen molar-refractivity contribution in [2.45, 2.75) is 12.6 Å². The van der Waals surface area contributed by atoms with Gasteiger partial charge in [0.2, 0.25) is 0 Å². The van der Waals surface area contributed by atoms with Gasteiger partial charge in [-0.25, -0.2) is 13.8 Å². The quantitative estimate of drug-likeness (QED) is 0.347. The monoisotopic (exact) mass is 368 g/mol. The van der Waals surface area contributed by atoms with Gasteiger partial charge in [-0.15, -0.1) is 0 Å². The number of aromatic nitrogens is 1. The first-order valence-corrected chi connectivity index (χ1v) is 4.92. The van der Waals surface area contributed by atoms with Gasteiger partial charge in [-0.1, -0.05) is 0 Å². The maximum atomic E-state index is 12.4. The average Bonchev–Trinajstić information content (AvgIpc) is 2.14. The predicted octanol–water partition coefficient (Wildman–Crippen LogP) is 3.55. The lowest BCUT2D eigenvalue weighted by Crippen LogP contribution is -2.12. The van der Waals surface area contributed by atoms with Crippen LogP contribution < -0.4 is 0 Å². The maximum absolute atomic E-state index is 12.4. The molecule has 10 heteroatoms. The molecule has 0 amide bonds. The average molecular weight is 368 g/mol. The molecular formula is C7H2F5IN2O2. The smallest absolute Gasteiger partial charge is 0.258 e. The van der Waals surface area contributed by atoms with Crippen LogP contribution >= 0.6 is 22.6 Å². The third-order valence-corrected chi connectivity index (χ3v) is 2.76. The molecule has 94 valence electrons. The van der Waals surface area contributed by atoms with Crippen molar-refractivity contribution in [3.63, 3.8) is 0 Å². The van der Waals surface area contributed by atoms with Gasteiger partial charge in [0, 0.05) is 6.07 Å². The maximum Gasteiger partial charge on any atom is 0.433 e. The van der Waals surface area contributed by atoms with Crippen LogP contribution in [-0.4, -0.2) is 9.91 Å². The molecule has 0 aliphatic rings. The molecule has 0 N–H and O–H groups in total. The molecule has 0 radical (unpaired) electrons. The van der Waals surface area contributed by atoms with Crippen LogP contribution in [0.15, 0.2) is 6.07 Å². The highest BCUT2D eigenvalue weighted by Gasteiger charge is 2.37. The summed E-state index contributed by atoms with van der Waals surface area (Å²) >= 11 is 1.16. The third-order valence-electron chi connectivity index (χ3n) is 1.66. The Morgan fingerprint density at radius 1 is 1.41 bits per heavy atom. The van der Waals surface area contributed by atoms with Crippen LogP contribution in [0.25, 0.3) is 0 Å². The molecule has 1 rings (SSSR count). The molecule has 0 aliphatic heterocycles. The van der Waals surface area contributed by atoms with E-state index >= 15 is 0 Å². The summed E-state index contributed by atoms with van der Waals surface area (Å²) in [7, 11) is 0. The van der Waals surface area contributed by atoms with E-state index < -0.39 is 38.2 Å². The van der Waals surface area contributed by atoms with Crippen molar-refractivity contribution in [3.05, 3.63) is 31.1 Å². The highest BCUT2D eigenvalue weighted by atomic mass is 127. The van der Waals surface area contributed by atoms with Gasteiger partial charge in [0.05, 0.1) is 4.92 Å². The van der Waals surface area contributed by atoms with Gasteiger partial charge in [0.1, 0.15) is 9.26 Å². The summed E-state index contributed by atoms with van der Waals surface area (Å²) in [4.78, 5) is 12.0. The standard InChI is InChI=1S/C7H2F5IN2O2/c8-6(9)5-4(13)2(15(16)17)1-3(14-5)7(10,11)12/h1,6H. The van der Waals surface area contributed by atoms with Gasteiger partial charge in [0.25, 0.3) is 12.1 Å². The largest absolute Gasteiger partial charge is 0.433 e.